The van der Waals surface area contributed by atoms with E-state index in [9.17, 15) is 4.79 Å². The molecule has 0 spiro atoms. The zero-order valence-electron chi connectivity index (χ0n) is 18.1. The fourth-order valence-corrected chi connectivity index (χ4v) is 3.87. The summed E-state index contributed by atoms with van der Waals surface area (Å²) >= 11 is 0. The Hall–Kier alpha value is -3.41. The highest BCUT2D eigenvalue weighted by atomic mass is 16.5. The van der Waals surface area contributed by atoms with Gasteiger partial charge in [-0.3, -0.25) is 4.79 Å². The number of aromatic nitrogens is 2. The molecule has 2 aromatic carbocycles. The minimum Gasteiger partial charge on any atom is -0.496 e. The van der Waals surface area contributed by atoms with Crippen LogP contribution in [0.1, 0.15) is 18.1 Å². The Labute approximate surface area is 183 Å². The molecule has 0 atom stereocenters. The van der Waals surface area contributed by atoms with Gasteiger partial charge < -0.3 is 14.5 Å². The highest BCUT2D eigenvalue weighted by molar-refractivity contribution is 5.79. The number of methoxy groups -OCH3 is 1. The quantitative estimate of drug-likeness (QED) is 0.614. The van der Waals surface area contributed by atoms with Crippen LogP contribution in [-0.2, 0) is 17.6 Å². The van der Waals surface area contributed by atoms with E-state index in [1.165, 1.54) is 5.56 Å². The molecule has 0 bridgehead atoms. The van der Waals surface area contributed by atoms with Crippen LogP contribution in [-0.4, -0.2) is 54.3 Å². The highest BCUT2D eigenvalue weighted by Gasteiger charge is 2.23. The van der Waals surface area contributed by atoms with Gasteiger partial charge in [-0.2, -0.15) is 0 Å². The molecule has 0 unspecified atom stereocenters. The van der Waals surface area contributed by atoms with E-state index in [0.717, 1.165) is 47.9 Å². The molecular weight excluding hydrogens is 388 g/mol. The van der Waals surface area contributed by atoms with E-state index in [1.54, 1.807) is 7.11 Å². The van der Waals surface area contributed by atoms with E-state index >= 15 is 0 Å². The van der Waals surface area contributed by atoms with Gasteiger partial charge in [0.05, 0.1) is 19.2 Å². The van der Waals surface area contributed by atoms with Gasteiger partial charge in [-0.15, -0.1) is 10.2 Å². The molecular formula is C25H28N4O2. The van der Waals surface area contributed by atoms with Gasteiger partial charge in [-0.1, -0.05) is 49.4 Å². The zero-order valence-corrected chi connectivity index (χ0v) is 18.1. The number of carbonyl (C=O) groups excluding carboxylic acids is 1. The number of ether oxygens (including phenoxy) is 1. The molecule has 0 aliphatic carbocycles. The molecule has 4 rings (SSSR count). The smallest absolute Gasteiger partial charge is 0.227 e. The van der Waals surface area contributed by atoms with Crippen molar-refractivity contribution in [2.45, 2.75) is 19.8 Å². The second kappa shape index (κ2) is 9.60. The van der Waals surface area contributed by atoms with E-state index in [2.05, 4.69) is 46.3 Å². The van der Waals surface area contributed by atoms with Crippen molar-refractivity contribution in [2.75, 3.05) is 38.2 Å². The lowest BCUT2D eigenvalue weighted by molar-refractivity contribution is -0.130. The van der Waals surface area contributed by atoms with E-state index < -0.39 is 0 Å². The number of para-hydroxylation sites is 1. The third-order valence-electron chi connectivity index (χ3n) is 5.80. The van der Waals surface area contributed by atoms with Crippen LogP contribution in [0.25, 0.3) is 11.3 Å². The molecule has 1 amide bonds. The van der Waals surface area contributed by atoms with Crippen LogP contribution in [0.4, 0.5) is 5.82 Å². The van der Waals surface area contributed by atoms with Crippen molar-refractivity contribution < 1.29 is 9.53 Å². The summed E-state index contributed by atoms with van der Waals surface area (Å²) in [6.45, 7) is 5.00. The van der Waals surface area contributed by atoms with Crippen LogP contribution >= 0.6 is 0 Å². The Morgan fingerprint density at radius 1 is 0.935 bits per heavy atom. The number of rotatable bonds is 6. The Balaban J connectivity index is 1.34. The van der Waals surface area contributed by atoms with Gasteiger partial charge in [-0.25, -0.2) is 0 Å². The molecule has 1 aliphatic heterocycles. The molecule has 0 N–H and O–H groups in total. The molecule has 1 saturated heterocycles. The number of hydrogen-bond donors (Lipinski definition) is 0. The van der Waals surface area contributed by atoms with Crippen molar-refractivity contribution in [1.29, 1.82) is 0 Å². The number of hydrogen-bond acceptors (Lipinski definition) is 5. The third-order valence-corrected chi connectivity index (χ3v) is 5.80. The summed E-state index contributed by atoms with van der Waals surface area (Å²) in [7, 11) is 1.63. The molecule has 1 fully saturated rings. The van der Waals surface area contributed by atoms with Crippen molar-refractivity contribution >= 4 is 11.7 Å². The standard InChI is InChI=1S/C25H28N4O2/c1-3-19-8-10-20(11-9-19)22-12-13-24(27-26-22)28-14-16-29(17-15-28)25(30)18-21-6-4-5-7-23(21)31-2/h4-13H,3,14-18H2,1-2H3. The normalized spacial score (nSPS) is 13.9. The van der Waals surface area contributed by atoms with E-state index in [-0.39, 0.29) is 5.91 Å². The van der Waals surface area contributed by atoms with Gasteiger partial charge in [0, 0.05) is 37.3 Å². The maximum Gasteiger partial charge on any atom is 0.227 e. The summed E-state index contributed by atoms with van der Waals surface area (Å²) < 4.78 is 5.37. The number of amides is 1. The Kier molecular flexibility index (Phi) is 6.46. The first-order chi connectivity index (χ1) is 15.2. The van der Waals surface area contributed by atoms with Crippen LogP contribution in [0.3, 0.4) is 0 Å². The topological polar surface area (TPSA) is 58.6 Å². The van der Waals surface area contributed by atoms with Crippen LogP contribution in [0.5, 0.6) is 5.75 Å². The van der Waals surface area contributed by atoms with Crippen LogP contribution in [0.2, 0.25) is 0 Å². The minimum atomic E-state index is 0.126. The Morgan fingerprint density at radius 3 is 2.32 bits per heavy atom. The fourth-order valence-electron chi connectivity index (χ4n) is 3.87. The molecule has 1 aliphatic rings. The largest absolute Gasteiger partial charge is 0.496 e. The average molecular weight is 417 g/mol. The number of nitrogens with zero attached hydrogens (tertiary/aromatic N) is 4. The van der Waals surface area contributed by atoms with E-state index in [4.69, 9.17) is 4.74 Å². The van der Waals surface area contributed by atoms with Crippen molar-refractivity contribution in [3.05, 3.63) is 71.8 Å². The molecule has 1 aromatic heterocycles. The first-order valence-corrected chi connectivity index (χ1v) is 10.8. The van der Waals surface area contributed by atoms with Crippen molar-refractivity contribution in [2.24, 2.45) is 0 Å². The lowest BCUT2D eigenvalue weighted by atomic mass is 10.1. The summed E-state index contributed by atoms with van der Waals surface area (Å²) in [6, 6.07) is 20.2. The molecule has 6 nitrogen and oxygen atoms in total. The second-order valence-electron chi connectivity index (χ2n) is 7.68. The van der Waals surface area contributed by atoms with Crippen LogP contribution in [0, 0.1) is 0 Å². The summed E-state index contributed by atoms with van der Waals surface area (Å²) in [5, 5.41) is 8.86. The monoisotopic (exact) mass is 416 g/mol. The van der Waals surface area contributed by atoms with Crippen molar-refractivity contribution in [3.63, 3.8) is 0 Å². The molecule has 2 heterocycles. The van der Waals surface area contributed by atoms with Gasteiger partial charge in [0.15, 0.2) is 5.82 Å². The van der Waals surface area contributed by atoms with Gasteiger partial charge in [0.1, 0.15) is 5.75 Å². The molecule has 31 heavy (non-hydrogen) atoms. The van der Waals surface area contributed by atoms with Gasteiger partial charge in [0.25, 0.3) is 0 Å². The third kappa shape index (κ3) is 4.85. The van der Waals surface area contributed by atoms with Crippen molar-refractivity contribution in [1.82, 2.24) is 15.1 Å². The predicted octanol–water partition coefficient (Wildman–Crippen LogP) is 3.61. The van der Waals surface area contributed by atoms with E-state index in [1.807, 2.05) is 41.3 Å². The lowest BCUT2D eigenvalue weighted by Gasteiger charge is -2.35. The van der Waals surface area contributed by atoms with Gasteiger partial charge >= 0.3 is 0 Å². The number of carbonyl (C=O) groups is 1. The number of benzene rings is 2. The lowest BCUT2D eigenvalue weighted by Crippen LogP contribution is -2.49. The summed E-state index contributed by atoms with van der Waals surface area (Å²) in [5.41, 5.74) is 4.18. The number of aryl methyl sites for hydroxylation is 1. The second-order valence-corrected chi connectivity index (χ2v) is 7.68. The molecule has 0 saturated carbocycles. The molecule has 3 aromatic rings. The Bertz CT molecular complexity index is 1010. The van der Waals surface area contributed by atoms with Crippen molar-refractivity contribution in [3.8, 4) is 17.0 Å². The summed E-state index contributed by atoms with van der Waals surface area (Å²) in [6.07, 6.45) is 1.38. The zero-order chi connectivity index (χ0) is 21.6. The highest BCUT2D eigenvalue weighted by Crippen LogP contribution is 2.21. The van der Waals surface area contributed by atoms with Gasteiger partial charge in [-0.05, 0) is 30.2 Å². The number of piperazine rings is 1. The maximum atomic E-state index is 12.7. The fraction of sp³-hybridized carbons (Fsp3) is 0.320. The Morgan fingerprint density at radius 2 is 1.68 bits per heavy atom. The minimum absolute atomic E-state index is 0.126. The summed E-state index contributed by atoms with van der Waals surface area (Å²) in [4.78, 5) is 16.9. The van der Waals surface area contributed by atoms with Gasteiger partial charge in [0.2, 0.25) is 5.91 Å². The molecule has 160 valence electrons. The summed E-state index contributed by atoms with van der Waals surface area (Å²) in [5.74, 6) is 1.74. The van der Waals surface area contributed by atoms with Crippen LogP contribution in [0.15, 0.2) is 60.7 Å². The SMILES string of the molecule is CCc1ccc(-c2ccc(N3CCN(C(=O)Cc4ccccc4OC)CC3)nn2)cc1. The molecule has 6 heteroatoms. The maximum absolute atomic E-state index is 12.7. The first-order valence-electron chi connectivity index (χ1n) is 10.8. The average Bonchev–Trinajstić information content (AvgIpc) is 2.84. The number of anilines is 1. The first kappa shape index (κ1) is 20.8. The molecule has 0 radical (unpaired) electrons. The van der Waals surface area contributed by atoms with Crippen LogP contribution < -0.4 is 9.64 Å². The predicted molar refractivity (Wildman–Crippen MR) is 122 cm³/mol. The van der Waals surface area contributed by atoms with E-state index in [0.29, 0.717) is 19.5 Å².